The molecule has 2 N–H and O–H groups in total. The highest BCUT2D eigenvalue weighted by atomic mass is 35.5. The van der Waals surface area contributed by atoms with Gasteiger partial charge in [-0.3, -0.25) is 9.78 Å². The van der Waals surface area contributed by atoms with E-state index in [2.05, 4.69) is 15.6 Å². The molecule has 0 fully saturated rings. The van der Waals surface area contributed by atoms with Gasteiger partial charge in [-0.2, -0.15) is 0 Å². The summed E-state index contributed by atoms with van der Waals surface area (Å²) in [5.74, 6) is -0.661. The van der Waals surface area contributed by atoms with Crippen LogP contribution in [0.4, 0.5) is 15.8 Å². The molecule has 3 aromatic rings. The third-order valence-corrected chi connectivity index (χ3v) is 3.96. The van der Waals surface area contributed by atoms with Crippen molar-refractivity contribution in [2.45, 2.75) is 6.54 Å². The molecule has 1 amide bonds. The molecule has 2 aromatic carbocycles. The quantitative estimate of drug-likeness (QED) is 0.614. The van der Waals surface area contributed by atoms with E-state index < -0.39 is 0 Å². The van der Waals surface area contributed by atoms with Crippen molar-refractivity contribution < 1.29 is 9.18 Å². The Morgan fingerprint density at radius 2 is 1.65 bits per heavy atom. The molecule has 1 heterocycles. The molecule has 0 bridgehead atoms. The molecule has 132 valence electrons. The molecular formula is C19H14Cl2FN3O. The van der Waals surface area contributed by atoms with Gasteiger partial charge in [0.25, 0.3) is 5.91 Å². The first-order valence-corrected chi connectivity index (χ1v) is 8.47. The lowest BCUT2D eigenvalue weighted by Crippen LogP contribution is -2.14. The van der Waals surface area contributed by atoms with Crippen LogP contribution < -0.4 is 10.6 Å². The van der Waals surface area contributed by atoms with Crippen LogP contribution >= 0.6 is 23.2 Å². The highest BCUT2D eigenvalue weighted by Crippen LogP contribution is 2.23. The number of aromatic nitrogens is 1. The van der Waals surface area contributed by atoms with Crippen molar-refractivity contribution >= 4 is 40.5 Å². The lowest BCUT2D eigenvalue weighted by Gasteiger charge is -2.09. The lowest BCUT2D eigenvalue weighted by atomic mass is 10.2. The molecule has 3 rings (SSSR count). The molecule has 0 aliphatic heterocycles. The number of benzene rings is 2. The normalized spacial score (nSPS) is 10.4. The van der Waals surface area contributed by atoms with Crippen LogP contribution in [-0.4, -0.2) is 10.9 Å². The van der Waals surface area contributed by atoms with Gasteiger partial charge in [0, 0.05) is 34.2 Å². The molecular weight excluding hydrogens is 376 g/mol. The molecule has 1 aromatic heterocycles. The smallest absolute Gasteiger partial charge is 0.274 e. The standard InChI is InChI=1S/C19H14Cl2FN3O/c20-13-7-14(21)9-17(8-13)25-19(26)18-10-16(5-6-23-18)24-11-12-1-3-15(22)4-2-12/h1-10H,11H2,(H,23,24)(H,25,26). The SMILES string of the molecule is O=C(Nc1cc(Cl)cc(Cl)c1)c1cc(NCc2ccc(F)cc2)ccn1. The van der Waals surface area contributed by atoms with E-state index in [1.807, 2.05) is 0 Å². The van der Waals surface area contributed by atoms with E-state index in [1.54, 1.807) is 42.5 Å². The largest absolute Gasteiger partial charge is 0.381 e. The second-order valence-electron chi connectivity index (χ2n) is 5.52. The first kappa shape index (κ1) is 18.2. The van der Waals surface area contributed by atoms with E-state index in [-0.39, 0.29) is 17.4 Å². The van der Waals surface area contributed by atoms with Gasteiger partial charge < -0.3 is 10.6 Å². The van der Waals surface area contributed by atoms with Gasteiger partial charge in [0.2, 0.25) is 0 Å². The maximum Gasteiger partial charge on any atom is 0.274 e. The third kappa shape index (κ3) is 4.94. The fourth-order valence-corrected chi connectivity index (χ4v) is 2.82. The van der Waals surface area contributed by atoms with E-state index in [0.717, 1.165) is 11.3 Å². The first-order chi connectivity index (χ1) is 12.5. The average molecular weight is 390 g/mol. The summed E-state index contributed by atoms with van der Waals surface area (Å²) in [6.45, 7) is 0.495. The zero-order chi connectivity index (χ0) is 18.5. The number of nitrogens with zero attached hydrogens (tertiary/aromatic N) is 1. The van der Waals surface area contributed by atoms with Crippen LogP contribution in [0.15, 0.2) is 60.8 Å². The summed E-state index contributed by atoms with van der Waals surface area (Å²) >= 11 is 11.9. The number of carbonyl (C=O) groups excluding carboxylic acids is 1. The highest BCUT2D eigenvalue weighted by Gasteiger charge is 2.09. The Kier molecular flexibility index (Phi) is 5.71. The molecule has 4 nitrogen and oxygen atoms in total. The van der Waals surface area contributed by atoms with Gasteiger partial charge in [-0.1, -0.05) is 35.3 Å². The van der Waals surface area contributed by atoms with Crippen molar-refractivity contribution in [1.82, 2.24) is 4.98 Å². The number of hydrogen-bond donors (Lipinski definition) is 2. The van der Waals surface area contributed by atoms with Gasteiger partial charge in [-0.25, -0.2) is 4.39 Å². The summed E-state index contributed by atoms with van der Waals surface area (Å²) in [6.07, 6.45) is 1.53. The van der Waals surface area contributed by atoms with Crippen molar-refractivity contribution in [3.63, 3.8) is 0 Å². The fourth-order valence-electron chi connectivity index (χ4n) is 2.29. The second-order valence-corrected chi connectivity index (χ2v) is 6.39. The lowest BCUT2D eigenvalue weighted by molar-refractivity contribution is 0.102. The summed E-state index contributed by atoms with van der Waals surface area (Å²) in [6, 6.07) is 14.3. The average Bonchev–Trinajstić information content (AvgIpc) is 2.60. The second kappa shape index (κ2) is 8.17. The van der Waals surface area contributed by atoms with E-state index >= 15 is 0 Å². The number of pyridine rings is 1. The predicted molar refractivity (Wildman–Crippen MR) is 102 cm³/mol. The van der Waals surface area contributed by atoms with Gasteiger partial charge in [-0.05, 0) is 48.0 Å². The van der Waals surface area contributed by atoms with Gasteiger partial charge in [0.1, 0.15) is 11.5 Å². The molecule has 0 atom stereocenters. The molecule has 0 radical (unpaired) electrons. The molecule has 0 saturated carbocycles. The van der Waals surface area contributed by atoms with Crippen LogP contribution in [0.5, 0.6) is 0 Å². The Bertz CT molecular complexity index is 912. The Labute approximate surface area is 160 Å². The number of hydrogen-bond acceptors (Lipinski definition) is 3. The maximum absolute atomic E-state index is 12.9. The molecule has 0 aliphatic carbocycles. The third-order valence-electron chi connectivity index (χ3n) is 3.52. The van der Waals surface area contributed by atoms with Crippen LogP contribution in [0.2, 0.25) is 10.0 Å². The zero-order valence-electron chi connectivity index (χ0n) is 13.5. The molecule has 7 heteroatoms. The monoisotopic (exact) mass is 389 g/mol. The Balaban J connectivity index is 1.67. The number of carbonyl (C=O) groups is 1. The Morgan fingerprint density at radius 3 is 2.35 bits per heavy atom. The van der Waals surface area contributed by atoms with Gasteiger partial charge >= 0.3 is 0 Å². The number of rotatable bonds is 5. The van der Waals surface area contributed by atoms with Crippen LogP contribution in [0.25, 0.3) is 0 Å². The van der Waals surface area contributed by atoms with Crippen LogP contribution in [0.1, 0.15) is 16.1 Å². The van der Waals surface area contributed by atoms with Gasteiger partial charge in [0.05, 0.1) is 0 Å². The Hall–Kier alpha value is -2.63. The summed E-state index contributed by atoms with van der Waals surface area (Å²) in [5.41, 5.74) is 2.37. The van der Waals surface area contributed by atoms with Crippen molar-refractivity contribution in [2.75, 3.05) is 10.6 Å². The number of halogens is 3. The minimum absolute atomic E-state index is 0.241. The molecule has 0 unspecified atom stereocenters. The summed E-state index contributed by atoms with van der Waals surface area (Å²) in [5, 5.41) is 6.73. The van der Waals surface area contributed by atoms with Crippen molar-refractivity contribution in [2.24, 2.45) is 0 Å². The fraction of sp³-hybridized carbons (Fsp3) is 0.0526. The maximum atomic E-state index is 12.9. The van der Waals surface area contributed by atoms with Crippen molar-refractivity contribution in [1.29, 1.82) is 0 Å². The number of amides is 1. The van der Waals surface area contributed by atoms with E-state index in [1.165, 1.54) is 18.3 Å². The minimum Gasteiger partial charge on any atom is -0.381 e. The van der Waals surface area contributed by atoms with Gasteiger partial charge in [0.15, 0.2) is 0 Å². The summed E-state index contributed by atoms with van der Waals surface area (Å²) in [7, 11) is 0. The number of anilines is 2. The van der Waals surface area contributed by atoms with Crippen LogP contribution in [0, 0.1) is 5.82 Å². The minimum atomic E-state index is -0.381. The van der Waals surface area contributed by atoms with Crippen molar-refractivity contribution in [3.8, 4) is 0 Å². The summed E-state index contributed by atoms with van der Waals surface area (Å²) < 4.78 is 12.9. The topological polar surface area (TPSA) is 54.0 Å². The van der Waals surface area contributed by atoms with Gasteiger partial charge in [-0.15, -0.1) is 0 Å². The van der Waals surface area contributed by atoms with E-state index in [0.29, 0.717) is 22.3 Å². The molecule has 26 heavy (non-hydrogen) atoms. The van der Waals surface area contributed by atoms with E-state index in [4.69, 9.17) is 23.2 Å². The highest BCUT2D eigenvalue weighted by molar-refractivity contribution is 6.35. The van der Waals surface area contributed by atoms with E-state index in [9.17, 15) is 9.18 Å². The predicted octanol–water partition coefficient (Wildman–Crippen LogP) is 5.39. The molecule has 0 aliphatic rings. The van der Waals surface area contributed by atoms with Crippen molar-refractivity contribution in [3.05, 3.63) is 87.9 Å². The Morgan fingerprint density at radius 1 is 0.962 bits per heavy atom. The first-order valence-electron chi connectivity index (χ1n) is 7.71. The van der Waals surface area contributed by atoms with Crippen LogP contribution in [-0.2, 0) is 6.54 Å². The zero-order valence-corrected chi connectivity index (χ0v) is 15.0. The van der Waals surface area contributed by atoms with Crippen LogP contribution in [0.3, 0.4) is 0 Å². The molecule has 0 spiro atoms. The summed E-state index contributed by atoms with van der Waals surface area (Å²) in [4.78, 5) is 16.5. The number of nitrogens with one attached hydrogen (secondary N) is 2. The molecule has 0 saturated heterocycles.